The van der Waals surface area contributed by atoms with E-state index < -0.39 is 10.0 Å². The predicted molar refractivity (Wildman–Crippen MR) is 82.8 cm³/mol. The van der Waals surface area contributed by atoms with Crippen LogP contribution in [-0.2, 0) is 10.0 Å². The van der Waals surface area contributed by atoms with Crippen LogP contribution >= 0.6 is 0 Å². The number of rotatable bonds is 5. The third-order valence-electron chi connectivity index (χ3n) is 3.62. The highest BCUT2D eigenvalue weighted by molar-refractivity contribution is 7.89. The largest absolute Gasteiger partial charge is 0.497 e. The molecule has 1 aliphatic heterocycles. The van der Waals surface area contributed by atoms with Crippen molar-refractivity contribution in [3.8, 4) is 11.6 Å². The topological polar surface area (TPSA) is 81.6 Å². The SMILES string of the molecule is COc1cccc(S(=O)(=O)N2CCC(Oc3cccnn3)C2)c1. The van der Waals surface area contributed by atoms with Crippen molar-refractivity contribution in [1.82, 2.24) is 14.5 Å². The van der Waals surface area contributed by atoms with Crippen LogP contribution in [0.5, 0.6) is 11.6 Å². The standard InChI is InChI=1S/C15H17N3O4S/c1-21-12-4-2-5-14(10-12)23(19,20)18-9-7-13(11-18)22-15-6-3-8-16-17-15/h2-6,8,10,13H,7,9,11H2,1H3. The Kier molecular flexibility index (Phi) is 4.44. The van der Waals surface area contributed by atoms with Crippen molar-refractivity contribution in [2.24, 2.45) is 0 Å². The van der Waals surface area contributed by atoms with Crippen LogP contribution in [-0.4, -0.2) is 49.2 Å². The van der Waals surface area contributed by atoms with Crippen LogP contribution in [0.4, 0.5) is 0 Å². The van der Waals surface area contributed by atoms with Crippen LogP contribution in [0.25, 0.3) is 0 Å². The Morgan fingerprint density at radius 3 is 2.87 bits per heavy atom. The maximum atomic E-state index is 12.7. The van der Waals surface area contributed by atoms with Gasteiger partial charge in [-0.1, -0.05) is 6.07 Å². The van der Waals surface area contributed by atoms with Gasteiger partial charge in [-0.3, -0.25) is 0 Å². The Morgan fingerprint density at radius 1 is 1.26 bits per heavy atom. The van der Waals surface area contributed by atoms with Crippen LogP contribution in [0.3, 0.4) is 0 Å². The summed E-state index contributed by atoms with van der Waals surface area (Å²) in [5.41, 5.74) is 0. The Hall–Kier alpha value is -2.19. The third-order valence-corrected chi connectivity index (χ3v) is 5.48. The quantitative estimate of drug-likeness (QED) is 0.820. The van der Waals surface area contributed by atoms with E-state index in [0.29, 0.717) is 24.6 Å². The highest BCUT2D eigenvalue weighted by Gasteiger charge is 2.34. The summed E-state index contributed by atoms with van der Waals surface area (Å²) in [7, 11) is -2.05. The zero-order valence-electron chi connectivity index (χ0n) is 12.6. The summed E-state index contributed by atoms with van der Waals surface area (Å²) < 4.78 is 37.6. The van der Waals surface area contributed by atoms with Gasteiger partial charge in [-0.05, 0) is 24.6 Å². The fourth-order valence-electron chi connectivity index (χ4n) is 2.44. The molecule has 23 heavy (non-hydrogen) atoms. The highest BCUT2D eigenvalue weighted by Crippen LogP contribution is 2.25. The highest BCUT2D eigenvalue weighted by atomic mass is 32.2. The minimum Gasteiger partial charge on any atom is -0.497 e. The van der Waals surface area contributed by atoms with Crippen molar-refractivity contribution < 1.29 is 17.9 Å². The van der Waals surface area contributed by atoms with Gasteiger partial charge >= 0.3 is 0 Å². The van der Waals surface area contributed by atoms with Gasteiger partial charge in [0, 0.05) is 24.9 Å². The molecule has 1 saturated heterocycles. The van der Waals surface area contributed by atoms with E-state index in [1.54, 1.807) is 36.5 Å². The smallest absolute Gasteiger partial charge is 0.243 e. The number of methoxy groups -OCH3 is 1. The molecule has 0 aliphatic carbocycles. The molecule has 0 bridgehead atoms. The third kappa shape index (κ3) is 3.43. The van der Waals surface area contributed by atoms with Crippen molar-refractivity contribution in [2.45, 2.75) is 17.4 Å². The van der Waals surface area contributed by atoms with Crippen LogP contribution in [0.1, 0.15) is 6.42 Å². The maximum absolute atomic E-state index is 12.7. The molecule has 2 heterocycles. The summed E-state index contributed by atoms with van der Waals surface area (Å²) >= 11 is 0. The lowest BCUT2D eigenvalue weighted by Crippen LogP contribution is -2.31. The van der Waals surface area contributed by atoms with Gasteiger partial charge in [-0.15, -0.1) is 5.10 Å². The Labute approximate surface area is 134 Å². The second kappa shape index (κ2) is 6.51. The lowest BCUT2D eigenvalue weighted by molar-refractivity contribution is 0.204. The molecule has 0 spiro atoms. The number of hydrogen-bond acceptors (Lipinski definition) is 6. The van der Waals surface area contributed by atoms with Crippen molar-refractivity contribution in [2.75, 3.05) is 20.2 Å². The number of aromatic nitrogens is 2. The lowest BCUT2D eigenvalue weighted by atomic mass is 10.3. The van der Waals surface area contributed by atoms with E-state index in [-0.39, 0.29) is 17.5 Å². The predicted octanol–water partition coefficient (Wildman–Crippen LogP) is 1.33. The van der Waals surface area contributed by atoms with E-state index in [1.807, 2.05) is 0 Å². The molecule has 1 aromatic heterocycles. The number of hydrogen-bond donors (Lipinski definition) is 0. The van der Waals surface area contributed by atoms with E-state index in [2.05, 4.69) is 10.2 Å². The lowest BCUT2D eigenvalue weighted by Gasteiger charge is -2.17. The molecule has 122 valence electrons. The van der Waals surface area contributed by atoms with Gasteiger partial charge in [0.25, 0.3) is 0 Å². The van der Waals surface area contributed by atoms with Gasteiger partial charge in [-0.25, -0.2) is 8.42 Å². The second-order valence-electron chi connectivity index (χ2n) is 5.13. The van der Waals surface area contributed by atoms with Crippen molar-refractivity contribution in [3.63, 3.8) is 0 Å². The Balaban J connectivity index is 1.72. The van der Waals surface area contributed by atoms with E-state index in [4.69, 9.17) is 9.47 Å². The molecular weight excluding hydrogens is 318 g/mol. The summed E-state index contributed by atoms with van der Waals surface area (Å²) in [5.74, 6) is 0.913. The fourth-order valence-corrected chi connectivity index (χ4v) is 3.97. The molecule has 0 amide bonds. The number of sulfonamides is 1. The van der Waals surface area contributed by atoms with E-state index in [1.165, 1.54) is 17.5 Å². The molecule has 2 aromatic rings. The molecule has 0 radical (unpaired) electrons. The van der Waals surface area contributed by atoms with Gasteiger partial charge in [0.15, 0.2) is 0 Å². The van der Waals surface area contributed by atoms with Crippen LogP contribution in [0.2, 0.25) is 0 Å². The second-order valence-corrected chi connectivity index (χ2v) is 7.07. The maximum Gasteiger partial charge on any atom is 0.243 e. The molecule has 3 rings (SSSR count). The summed E-state index contributed by atoms with van der Waals surface area (Å²) in [6.07, 6.45) is 1.94. The Morgan fingerprint density at radius 2 is 2.13 bits per heavy atom. The van der Waals surface area contributed by atoms with Gasteiger partial charge < -0.3 is 9.47 Å². The van der Waals surface area contributed by atoms with Crippen LogP contribution in [0, 0.1) is 0 Å². The number of benzene rings is 1. The first-order chi connectivity index (χ1) is 11.1. The van der Waals surface area contributed by atoms with Crippen molar-refractivity contribution >= 4 is 10.0 Å². The summed E-state index contributed by atoms with van der Waals surface area (Å²) in [6.45, 7) is 0.695. The summed E-state index contributed by atoms with van der Waals surface area (Å²) in [4.78, 5) is 0.219. The van der Waals surface area contributed by atoms with Gasteiger partial charge in [0.2, 0.25) is 15.9 Å². The molecule has 7 nitrogen and oxygen atoms in total. The average Bonchev–Trinajstić information content (AvgIpc) is 3.05. The zero-order chi connectivity index (χ0) is 16.3. The van der Waals surface area contributed by atoms with Crippen LogP contribution < -0.4 is 9.47 Å². The molecule has 1 unspecified atom stereocenters. The van der Waals surface area contributed by atoms with Gasteiger partial charge in [0.1, 0.15) is 11.9 Å². The molecule has 8 heteroatoms. The molecule has 1 aliphatic rings. The zero-order valence-corrected chi connectivity index (χ0v) is 13.4. The van der Waals surface area contributed by atoms with Gasteiger partial charge in [-0.2, -0.15) is 9.40 Å². The van der Waals surface area contributed by atoms with E-state index in [0.717, 1.165) is 0 Å². The van der Waals surface area contributed by atoms with Crippen molar-refractivity contribution in [3.05, 3.63) is 42.6 Å². The first kappa shape index (κ1) is 15.7. The minimum absolute atomic E-state index is 0.219. The van der Waals surface area contributed by atoms with E-state index in [9.17, 15) is 8.42 Å². The number of nitrogens with zero attached hydrogens (tertiary/aromatic N) is 3. The molecule has 1 fully saturated rings. The molecular formula is C15H17N3O4S. The first-order valence-corrected chi connectivity index (χ1v) is 8.62. The fraction of sp³-hybridized carbons (Fsp3) is 0.333. The average molecular weight is 335 g/mol. The normalized spacial score (nSPS) is 18.7. The first-order valence-electron chi connectivity index (χ1n) is 7.18. The van der Waals surface area contributed by atoms with Crippen molar-refractivity contribution in [1.29, 1.82) is 0 Å². The molecule has 1 aromatic carbocycles. The Bertz CT molecular complexity index is 767. The van der Waals surface area contributed by atoms with E-state index >= 15 is 0 Å². The minimum atomic E-state index is -3.56. The summed E-state index contributed by atoms with van der Waals surface area (Å²) in [5, 5.41) is 7.59. The van der Waals surface area contributed by atoms with Crippen LogP contribution in [0.15, 0.2) is 47.5 Å². The molecule has 1 atom stereocenters. The molecule has 0 saturated carbocycles. The monoisotopic (exact) mass is 335 g/mol. The molecule has 0 N–H and O–H groups in total. The summed E-state index contributed by atoms with van der Waals surface area (Å²) in [6, 6.07) is 9.88. The van der Waals surface area contributed by atoms with Gasteiger partial charge in [0.05, 0.1) is 18.6 Å². The number of ether oxygens (including phenoxy) is 2.